The minimum atomic E-state index is -0.403. The van der Waals surface area contributed by atoms with Crippen molar-refractivity contribution < 1.29 is 11.6 Å². The van der Waals surface area contributed by atoms with Crippen LogP contribution in [0.5, 0.6) is 11.5 Å². The number of rotatable bonds is 2. The monoisotopic (exact) mass is 575 g/mol. The average Bonchev–Trinajstić information content (AvgIpc) is 3.15. The molecule has 1 aliphatic heterocycles. The third-order valence-electron chi connectivity index (χ3n) is 9.29. The van der Waals surface area contributed by atoms with Crippen molar-refractivity contribution in [2.24, 2.45) is 0 Å². The van der Waals surface area contributed by atoms with Gasteiger partial charge < -0.3 is 4.74 Å². The van der Waals surface area contributed by atoms with Crippen molar-refractivity contribution >= 4 is 53.9 Å². The summed E-state index contributed by atoms with van der Waals surface area (Å²) in [5.74, 6) is 1.64. The van der Waals surface area contributed by atoms with E-state index in [1.54, 1.807) is 0 Å². The first-order valence-electron chi connectivity index (χ1n) is 17.6. The fourth-order valence-corrected chi connectivity index (χ4v) is 7.35. The van der Waals surface area contributed by atoms with E-state index in [0.717, 1.165) is 82.2 Å². The van der Waals surface area contributed by atoms with Crippen LogP contribution in [-0.4, -0.2) is 0 Å². The van der Waals surface area contributed by atoms with Crippen LogP contribution in [0.15, 0.2) is 158 Å². The van der Waals surface area contributed by atoms with Crippen LogP contribution in [0.4, 0.5) is 0 Å². The molecule has 1 aliphatic rings. The number of hydrogen-bond donors (Lipinski definition) is 0. The predicted molar refractivity (Wildman–Crippen MR) is 190 cm³/mol. The first-order chi connectivity index (χ1) is 24.4. The van der Waals surface area contributed by atoms with Crippen LogP contribution in [0, 0.1) is 0 Å². The van der Waals surface area contributed by atoms with Crippen LogP contribution in [0.3, 0.4) is 0 Å². The van der Waals surface area contributed by atoms with Gasteiger partial charge in [-0.2, -0.15) is 0 Å². The molecule has 1 nitrogen and oxygen atoms in total. The maximum atomic E-state index is 9.03. The highest BCUT2D eigenvalue weighted by Gasteiger charge is 2.23. The zero-order chi connectivity index (χ0) is 33.8. The molecule has 0 aromatic heterocycles. The second-order valence-corrected chi connectivity index (χ2v) is 11.7. The fraction of sp³-hybridized carbons (Fsp3) is 0. The lowest BCUT2D eigenvalue weighted by Gasteiger charge is -2.23. The summed E-state index contributed by atoms with van der Waals surface area (Å²) in [7, 11) is 0. The van der Waals surface area contributed by atoms with E-state index < -0.39 is 6.04 Å². The zero-order valence-corrected chi connectivity index (χ0v) is 24.0. The smallest absolute Gasteiger partial charge is 0.136 e. The highest BCUT2D eigenvalue weighted by Crippen LogP contribution is 2.50. The standard InChI is InChI=1S/C44H26O/c1-2-11-28(12-3-1)42-36-18-8-16-33(38(36)25-31-21-20-27-10-4-7-15-34(27)43(31)42)30-22-23-40-39(24-30)37-19-9-17-35-32-14-6-5-13-29(32)26-41(45-40)44(35)37/h1-26H/i1D,2D,3D,11D,12D. The first-order valence-corrected chi connectivity index (χ1v) is 15.1. The summed E-state index contributed by atoms with van der Waals surface area (Å²) >= 11 is 0. The molecular weight excluding hydrogens is 544 g/mol. The SMILES string of the molecule is [2H]c1c([2H])c([2H])c(-c2c3cccc(-c4ccc5c(c4)-c4cccc6c4c(cc4ccccc46)O5)c3cc3ccc4ccccc4c23)c([2H])c1[2H]. The third kappa shape index (κ3) is 3.56. The van der Waals surface area contributed by atoms with Gasteiger partial charge in [0.25, 0.3) is 0 Å². The first kappa shape index (κ1) is 20.1. The van der Waals surface area contributed by atoms with E-state index >= 15 is 0 Å². The summed E-state index contributed by atoms with van der Waals surface area (Å²) in [5, 5.41) is 10.1. The summed E-state index contributed by atoms with van der Waals surface area (Å²) in [4.78, 5) is 0. The Bertz CT molecular complexity index is 2940. The van der Waals surface area contributed by atoms with E-state index in [4.69, 9.17) is 11.6 Å². The molecule has 9 aromatic rings. The molecule has 9 aromatic carbocycles. The molecular formula is C44H26O. The Kier molecular flexibility index (Phi) is 4.15. The van der Waals surface area contributed by atoms with Crippen LogP contribution in [0.1, 0.15) is 6.85 Å². The molecule has 0 bridgehead atoms. The van der Waals surface area contributed by atoms with Crippen molar-refractivity contribution in [2.45, 2.75) is 0 Å². The number of fused-ring (bicyclic) bond motifs is 8. The Hall–Kier alpha value is -5.92. The maximum Gasteiger partial charge on any atom is 0.136 e. The van der Waals surface area contributed by atoms with Gasteiger partial charge in [-0.05, 0) is 101 Å². The molecule has 0 radical (unpaired) electrons. The van der Waals surface area contributed by atoms with Crippen molar-refractivity contribution in [3.63, 3.8) is 0 Å². The molecule has 1 heteroatoms. The van der Waals surface area contributed by atoms with Crippen LogP contribution >= 0.6 is 0 Å². The van der Waals surface area contributed by atoms with E-state index in [1.807, 2.05) is 48.5 Å². The molecule has 0 atom stereocenters. The predicted octanol–water partition coefficient (Wildman–Crippen LogP) is 12.6. The van der Waals surface area contributed by atoms with Crippen LogP contribution < -0.4 is 4.74 Å². The van der Waals surface area contributed by atoms with Crippen molar-refractivity contribution in [2.75, 3.05) is 0 Å². The summed E-state index contributed by atoms with van der Waals surface area (Å²) in [6.07, 6.45) is 0. The molecule has 0 N–H and O–H groups in total. The summed E-state index contributed by atoms with van der Waals surface area (Å²) in [5.41, 5.74) is 4.93. The molecule has 0 saturated heterocycles. The maximum absolute atomic E-state index is 9.03. The van der Waals surface area contributed by atoms with Gasteiger partial charge in [-0.3, -0.25) is 0 Å². The largest absolute Gasteiger partial charge is 0.456 e. The molecule has 0 saturated carbocycles. The van der Waals surface area contributed by atoms with E-state index in [0.29, 0.717) is 5.56 Å². The molecule has 208 valence electrons. The van der Waals surface area contributed by atoms with Gasteiger partial charge in [-0.25, -0.2) is 0 Å². The van der Waals surface area contributed by atoms with Crippen molar-refractivity contribution in [1.29, 1.82) is 0 Å². The number of hydrogen-bond acceptors (Lipinski definition) is 1. The Labute approximate surface area is 267 Å². The Morgan fingerprint density at radius 2 is 1.13 bits per heavy atom. The molecule has 0 unspecified atom stereocenters. The average molecular weight is 576 g/mol. The normalized spacial score (nSPS) is 13.7. The van der Waals surface area contributed by atoms with Gasteiger partial charge in [0.2, 0.25) is 0 Å². The van der Waals surface area contributed by atoms with Gasteiger partial charge in [-0.1, -0.05) is 133 Å². The molecule has 0 fully saturated rings. The van der Waals surface area contributed by atoms with Crippen LogP contribution in [0.2, 0.25) is 0 Å². The van der Waals surface area contributed by atoms with E-state index in [-0.39, 0.29) is 29.7 Å². The Balaban J connectivity index is 1.28. The number of ether oxygens (including phenoxy) is 1. The minimum absolute atomic E-state index is 0.203. The Morgan fingerprint density at radius 1 is 0.400 bits per heavy atom. The second kappa shape index (κ2) is 9.29. The van der Waals surface area contributed by atoms with E-state index in [2.05, 4.69) is 78.9 Å². The van der Waals surface area contributed by atoms with Gasteiger partial charge in [0.15, 0.2) is 0 Å². The van der Waals surface area contributed by atoms with Crippen LogP contribution in [-0.2, 0) is 0 Å². The molecule has 0 amide bonds. The van der Waals surface area contributed by atoms with Crippen molar-refractivity contribution in [3.8, 4) is 44.9 Å². The van der Waals surface area contributed by atoms with Gasteiger partial charge in [-0.15, -0.1) is 0 Å². The zero-order valence-electron chi connectivity index (χ0n) is 29.0. The van der Waals surface area contributed by atoms with Crippen molar-refractivity contribution in [1.82, 2.24) is 0 Å². The quantitative estimate of drug-likeness (QED) is 0.147. The van der Waals surface area contributed by atoms with Crippen LogP contribution in [0.25, 0.3) is 87.2 Å². The second-order valence-electron chi connectivity index (χ2n) is 11.7. The van der Waals surface area contributed by atoms with E-state index in [9.17, 15) is 0 Å². The third-order valence-corrected chi connectivity index (χ3v) is 9.29. The summed E-state index contributed by atoms with van der Waals surface area (Å²) < 4.78 is 50.0. The molecule has 45 heavy (non-hydrogen) atoms. The van der Waals surface area contributed by atoms with Gasteiger partial charge in [0.1, 0.15) is 11.5 Å². The summed E-state index contributed by atoms with van der Waals surface area (Å²) in [6.45, 7) is 0. The van der Waals surface area contributed by atoms with Gasteiger partial charge in [0.05, 0.1) is 6.85 Å². The minimum Gasteiger partial charge on any atom is -0.456 e. The van der Waals surface area contributed by atoms with Crippen molar-refractivity contribution in [3.05, 3.63) is 158 Å². The highest BCUT2D eigenvalue weighted by molar-refractivity contribution is 6.24. The Morgan fingerprint density at radius 3 is 2.02 bits per heavy atom. The van der Waals surface area contributed by atoms with Gasteiger partial charge >= 0.3 is 0 Å². The lowest BCUT2D eigenvalue weighted by Crippen LogP contribution is -1.98. The molecule has 1 heterocycles. The lowest BCUT2D eigenvalue weighted by atomic mass is 9.86. The highest BCUT2D eigenvalue weighted by atomic mass is 16.5. The fourth-order valence-electron chi connectivity index (χ4n) is 7.35. The molecule has 0 aliphatic carbocycles. The number of benzene rings is 9. The summed E-state index contributed by atoms with van der Waals surface area (Å²) in [6, 6.07) is 42.1. The topological polar surface area (TPSA) is 9.23 Å². The molecule has 10 rings (SSSR count). The lowest BCUT2D eigenvalue weighted by molar-refractivity contribution is 0.488. The van der Waals surface area contributed by atoms with Gasteiger partial charge in [0, 0.05) is 10.9 Å². The molecule has 0 spiro atoms. The van der Waals surface area contributed by atoms with E-state index in [1.165, 1.54) is 5.39 Å².